The minimum atomic E-state index is -0.0669. The Hall–Kier alpha value is -3.36. The average Bonchev–Trinajstić information content (AvgIpc) is 3.14. The molecule has 2 N–H and O–H groups in total. The molecule has 0 fully saturated rings. The van der Waals surface area contributed by atoms with Crippen molar-refractivity contribution in [3.63, 3.8) is 0 Å². The zero-order valence-corrected chi connectivity index (χ0v) is 14.2. The van der Waals surface area contributed by atoms with Gasteiger partial charge >= 0.3 is 0 Å². The van der Waals surface area contributed by atoms with E-state index in [4.69, 9.17) is 0 Å². The van der Waals surface area contributed by atoms with Crippen LogP contribution < -0.4 is 5.32 Å². The number of nitrogens with zero attached hydrogens (tertiary/aromatic N) is 3. The van der Waals surface area contributed by atoms with E-state index in [1.807, 2.05) is 35.0 Å². The highest BCUT2D eigenvalue weighted by atomic mass is 16.3. The molecule has 1 aromatic heterocycles. The number of aliphatic hydroxyl groups excluding tert-OH is 1. The Labute approximate surface area is 151 Å². The molecule has 3 aromatic rings. The van der Waals surface area contributed by atoms with Gasteiger partial charge in [0.15, 0.2) is 0 Å². The molecule has 0 bridgehead atoms. The second kappa shape index (κ2) is 6.87. The van der Waals surface area contributed by atoms with Gasteiger partial charge in [0.1, 0.15) is 12.4 Å². The number of rotatable bonds is 4. The lowest BCUT2D eigenvalue weighted by molar-refractivity contribution is 0.266. The summed E-state index contributed by atoms with van der Waals surface area (Å²) >= 11 is 0. The molecule has 0 unspecified atom stereocenters. The van der Waals surface area contributed by atoms with Crippen molar-refractivity contribution in [2.45, 2.75) is 19.7 Å². The zero-order chi connectivity index (χ0) is 17.9. The average molecular weight is 342 g/mol. The first-order valence-corrected chi connectivity index (χ1v) is 8.46. The van der Waals surface area contributed by atoms with E-state index >= 15 is 0 Å². The summed E-state index contributed by atoms with van der Waals surface area (Å²) < 4.78 is 1.93. The molecule has 0 spiro atoms. The number of hydrogen-bond donors (Lipinski definition) is 2. The van der Waals surface area contributed by atoms with Crippen molar-refractivity contribution in [2.24, 2.45) is 0 Å². The quantitative estimate of drug-likeness (QED) is 0.764. The Bertz CT molecular complexity index is 1010. The highest BCUT2D eigenvalue weighted by Gasteiger charge is 2.14. The highest BCUT2D eigenvalue weighted by molar-refractivity contribution is 5.84. The van der Waals surface area contributed by atoms with Gasteiger partial charge in [0.2, 0.25) is 0 Å². The summed E-state index contributed by atoms with van der Waals surface area (Å²) in [4.78, 5) is 4.13. The number of nitriles is 1. The molecule has 5 heteroatoms. The van der Waals surface area contributed by atoms with Crippen LogP contribution in [0.4, 0.5) is 0 Å². The van der Waals surface area contributed by atoms with Crippen molar-refractivity contribution >= 4 is 11.8 Å². The first-order chi connectivity index (χ1) is 12.8. The van der Waals surface area contributed by atoms with Crippen molar-refractivity contribution in [1.82, 2.24) is 14.9 Å². The molecule has 1 aliphatic heterocycles. The molecule has 0 atom stereocenters. The molecule has 2 heterocycles. The van der Waals surface area contributed by atoms with Crippen LogP contribution in [0.5, 0.6) is 0 Å². The van der Waals surface area contributed by atoms with Crippen molar-refractivity contribution in [2.75, 3.05) is 0 Å². The Balaban J connectivity index is 1.59. The third-order valence-electron chi connectivity index (χ3n) is 4.64. The standard InChI is InChI=1S/C21H18N4O/c22-11-17-2-1-3-18-12-24-20(10-19(17)18)16-6-4-15(5-7-16)13-25-9-8-23-21(25)14-26/h1-10,24,26H,12-14H2. The van der Waals surface area contributed by atoms with Crippen LogP contribution in [0, 0.1) is 11.3 Å². The molecule has 0 radical (unpaired) electrons. The molecule has 128 valence electrons. The fraction of sp³-hybridized carbons (Fsp3) is 0.143. The third kappa shape index (κ3) is 2.99. The van der Waals surface area contributed by atoms with E-state index in [9.17, 15) is 10.4 Å². The summed E-state index contributed by atoms with van der Waals surface area (Å²) in [6.45, 7) is 1.32. The monoisotopic (exact) mass is 342 g/mol. The summed E-state index contributed by atoms with van der Waals surface area (Å²) in [6, 6.07) is 16.4. The Morgan fingerprint density at radius 3 is 2.81 bits per heavy atom. The van der Waals surface area contributed by atoms with Gasteiger partial charge in [0, 0.05) is 31.2 Å². The SMILES string of the molecule is N#Cc1cccc2c1C=C(c1ccc(Cn3ccnc3CO)cc1)NC2. The number of aromatic nitrogens is 2. The lowest BCUT2D eigenvalue weighted by Crippen LogP contribution is -2.17. The Morgan fingerprint density at radius 1 is 1.19 bits per heavy atom. The summed E-state index contributed by atoms with van der Waals surface area (Å²) in [5.41, 5.74) is 6.08. The lowest BCUT2D eigenvalue weighted by Gasteiger charge is -2.20. The second-order valence-corrected chi connectivity index (χ2v) is 6.23. The van der Waals surface area contributed by atoms with Crippen LogP contribution >= 0.6 is 0 Å². The normalized spacial score (nSPS) is 12.7. The van der Waals surface area contributed by atoms with Gasteiger partial charge in [-0.05, 0) is 34.4 Å². The van der Waals surface area contributed by atoms with Gasteiger partial charge in [-0.2, -0.15) is 5.26 Å². The van der Waals surface area contributed by atoms with Crippen LogP contribution in [0.2, 0.25) is 0 Å². The van der Waals surface area contributed by atoms with E-state index in [1.165, 1.54) is 0 Å². The van der Waals surface area contributed by atoms with E-state index < -0.39 is 0 Å². The third-order valence-corrected chi connectivity index (χ3v) is 4.64. The Kier molecular flexibility index (Phi) is 4.26. The van der Waals surface area contributed by atoms with Crippen molar-refractivity contribution in [3.05, 3.63) is 88.5 Å². The molecule has 26 heavy (non-hydrogen) atoms. The van der Waals surface area contributed by atoms with Gasteiger partial charge in [0.25, 0.3) is 0 Å². The van der Waals surface area contributed by atoms with Crippen LogP contribution in [0.15, 0.2) is 54.9 Å². The van der Waals surface area contributed by atoms with E-state index in [0.29, 0.717) is 24.5 Å². The fourth-order valence-electron chi connectivity index (χ4n) is 3.23. The number of hydrogen-bond acceptors (Lipinski definition) is 4. The number of benzene rings is 2. The van der Waals surface area contributed by atoms with Gasteiger partial charge < -0.3 is 15.0 Å². The van der Waals surface area contributed by atoms with Gasteiger partial charge in [0.05, 0.1) is 11.6 Å². The number of aliphatic hydroxyl groups is 1. The van der Waals surface area contributed by atoms with Gasteiger partial charge in [-0.1, -0.05) is 36.4 Å². The van der Waals surface area contributed by atoms with E-state index in [0.717, 1.165) is 28.0 Å². The van der Waals surface area contributed by atoms with E-state index in [2.05, 4.69) is 40.6 Å². The molecule has 0 saturated heterocycles. The van der Waals surface area contributed by atoms with Crippen LogP contribution in [0.3, 0.4) is 0 Å². The van der Waals surface area contributed by atoms with Crippen LogP contribution in [0.1, 0.15) is 33.6 Å². The van der Waals surface area contributed by atoms with Crippen LogP contribution in [-0.2, 0) is 19.7 Å². The first-order valence-electron chi connectivity index (χ1n) is 8.46. The van der Waals surface area contributed by atoms with Crippen molar-refractivity contribution < 1.29 is 5.11 Å². The summed E-state index contributed by atoms with van der Waals surface area (Å²) in [5.74, 6) is 0.659. The second-order valence-electron chi connectivity index (χ2n) is 6.23. The zero-order valence-electron chi connectivity index (χ0n) is 14.2. The molecule has 0 saturated carbocycles. The van der Waals surface area contributed by atoms with Gasteiger partial charge in [-0.3, -0.25) is 0 Å². The largest absolute Gasteiger partial charge is 0.388 e. The van der Waals surface area contributed by atoms with Crippen molar-refractivity contribution in [3.8, 4) is 6.07 Å². The lowest BCUT2D eigenvalue weighted by atomic mass is 9.95. The first kappa shape index (κ1) is 16.1. The molecule has 2 aromatic carbocycles. The molecule has 1 aliphatic rings. The molecule has 5 nitrogen and oxygen atoms in total. The number of imidazole rings is 1. The highest BCUT2D eigenvalue weighted by Crippen LogP contribution is 2.26. The van der Waals surface area contributed by atoms with Crippen molar-refractivity contribution in [1.29, 1.82) is 5.26 Å². The Morgan fingerprint density at radius 2 is 2.04 bits per heavy atom. The van der Waals surface area contributed by atoms with Gasteiger partial charge in [-0.15, -0.1) is 0 Å². The minimum Gasteiger partial charge on any atom is -0.388 e. The summed E-state index contributed by atoms with van der Waals surface area (Å²) in [5, 5.41) is 22.1. The van der Waals surface area contributed by atoms with Crippen LogP contribution in [-0.4, -0.2) is 14.7 Å². The summed E-state index contributed by atoms with van der Waals surface area (Å²) in [7, 11) is 0. The molecule has 0 aliphatic carbocycles. The van der Waals surface area contributed by atoms with Gasteiger partial charge in [-0.25, -0.2) is 4.98 Å². The number of fused-ring (bicyclic) bond motifs is 1. The molecular formula is C21H18N4O. The smallest absolute Gasteiger partial charge is 0.134 e. The topological polar surface area (TPSA) is 73.9 Å². The minimum absolute atomic E-state index is 0.0669. The van der Waals surface area contributed by atoms with Crippen LogP contribution in [0.25, 0.3) is 11.8 Å². The predicted molar refractivity (Wildman–Crippen MR) is 99.6 cm³/mol. The fourth-order valence-corrected chi connectivity index (χ4v) is 3.23. The molecule has 0 amide bonds. The maximum atomic E-state index is 9.33. The maximum absolute atomic E-state index is 9.33. The van der Waals surface area contributed by atoms with E-state index in [1.54, 1.807) is 6.20 Å². The van der Waals surface area contributed by atoms with E-state index in [-0.39, 0.29) is 6.61 Å². The number of nitrogens with one attached hydrogen (secondary N) is 1. The molecule has 4 rings (SSSR count). The molecular weight excluding hydrogens is 324 g/mol. The summed E-state index contributed by atoms with van der Waals surface area (Å²) in [6.07, 6.45) is 5.61. The maximum Gasteiger partial charge on any atom is 0.134 e. The predicted octanol–water partition coefficient (Wildman–Crippen LogP) is 2.90.